The van der Waals surface area contributed by atoms with E-state index in [1.54, 1.807) is 61.5 Å². The molecule has 36 heavy (non-hydrogen) atoms. The van der Waals surface area contributed by atoms with Gasteiger partial charge in [-0.05, 0) is 48.4 Å². The smallest absolute Gasteiger partial charge is 0.255 e. The Morgan fingerprint density at radius 1 is 0.944 bits per heavy atom. The van der Waals surface area contributed by atoms with E-state index >= 15 is 0 Å². The molecule has 0 heterocycles. The summed E-state index contributed by atoms with van der Waals surface area (Å²) in [6.07, 6.45) is 1.40. The zero-order chi connectivity index (χ0) is 26.1. The van der Waals surface area contributed by atoms with Gasteiger partial charge in [0.05, 0.1) is 34.1 Å². The van der Waals surface area contributed by atoms with E-state index in [2.05, 4.69) is 10.5 Å². The average molecular weight is 512 g/mol. The summed E-state index contributed by atoms with van der Waals surface area (Å²) < 4.78 is 44.2. The van der Waals surface area contributed by atoms with Crippen LogP contribution >= 0.6 is 0 Å². The normalized spacial score (nSPS) is 11.5. The van der Waals surface area contributed by atoms with Crippen molar-refractivity contribution in [3.8, 4) is 17.2 Å². The highest BCUT2D eigenvalue weighted by molar-refractivity contribution is 7.89. The summed E-state index contributed by atoms with van der Waals surface area (Å²) in [6.45, 7) is 1.32. The number of hydrazone groups is 1. The van der Waals surface area contributed by atoms with Crippen LogP contribution in [0.2, 0.25) is 0 Å². The third-order valence-corrected chi connectivity index (χ3v) is 7.10. The molecule has 1 amide bonds. The van der Waals surface area contributed by atoms with Crippen LogP contribution in [-0.2, 0) is 21.4 Å². The molecule has 0 saturated carbocycles. The van der Waals surface area contributed by atoms with Crippen LogP contribution in [0.15, 0.2) is 76.7 Å². The van der Waals surface area contributed by atoms with Crippen molar-refractivity contribution in [3.05, 3.63) is 83.4 Å². The number of nitrogens with zero attached hydrogens (tertiary/aromatic N) is 2. The van der Waals surface area contributed by atoms with Crippen molar-refractivity contribution in [1.29, 1.82) is 0 Å². The zero-order valence-corrected chi connectivity index (χ0v) is 21.4. The maximum Gasteiger partial charge on any atom is 0.255 e. The van der Waals surface area contributed by atoms with Gasteiger partial charge in [0.2, 0.25) is 10.0 Å². The Morgan fingerprint density at radius 2 is 1.64 bits per heavy atom. The Balaban J connectivity index is 1.86. The lowest BCUT2D eigenvalue weighted by atomic mass is 10.2. The Hall–Kier alpha value is -3.89. The molecule has 0 bridgehead atoms. The number of rotatable bonds is 11. The number of carbonyl (C=O) groups is 1. The molecule has 190 valence electrons. The van der Waals surface area contributed by atoms with Crippen LogP contribution in [0.5, 0.6) is 17.2 Å². The van der Waals surface area contributed by atoms with Gasteiger partial charge >= 0.3 is 0 Å². The summed E-state index contributed by atoms with van der Waals surface area (Å²) in [5, 5.41) is 3.98. The van der Waals surface area contributed by atoms with E-state index in [1.165, 1.54) is 33.6 Å². The first-order valence-electron chi connectivity index (χ1n) is 11.0. The molecule has 0 aliphatic carbocycles. The second-order valence-electron chi connectivity index (χ2n) is 7.81. The van der Waals surface area contributed by atoms with E-state index in [0.29, 0.717) is 17.1 Å². The first-order chi connectivity index (χ1) is 17.3. The van der Waals surface area contributed by atoms with E-state index in [1.807, 2.05) is 6.07 Å². The molecular weight excluding hydrogens is 482 g/mol. The standard InChI is InChI=1S/C26H29N3O6S/c1-19-10-12-24(35-4)25(14-19)36(31,32)29(17-20-8-6-5-7-9-20)18-26(30)28-27-16-21-15-22(33-2)11-13-23(21)34-3/h5-16H,17-18H2,1-4H3,(H,28,30)/b27-16+. The minimum Gasteiger partial charge on any atom is -0.497 e. The van der Waals surface area contributed by atoms with Gasteiger partial charge in [-0.15, -0.1) is 0 Å². The fourth-order valence-corrected chi connectivity index (χ4v) is 5.07. The Bertz CT molecular complexity index is 1330. The predicted octanol–water partition coefficient (Wildman–Crippen LogP) is 3.36. The molecule has 0 aliphatic heterocycles. The summed E-state index contributed by atoms with van der Waals surface area (Å²) in [4.78, 5) is 12.8. The van der Waals surface area contributed by atoms with Gasteiger partial charge in [-0.25, -0.2) is 13.8 Å². The van der Waals surface area contributed by atoms with E-state index in [0.717, 1.165) is 15.4 Å². The van der Waals surface area contributed by atoms with Crippen molar-refractivity contribution in [2.24, 2.45) is 5.10 Å². The highest BCUT2D eigenvalue weighted by atomic mass is 32.2. The molecule has 9 nitrogen and oxygen atoms in total. The molecule has 1 N–H and O–H groups in total. The van der Waals surface area contributed by atoms with Crippen molar-refractivity contribution in [2.75, 3.05) is 27.9 Å². The van der Waals surface area contributed by atoms with Crippen LogP contribution in [0.1, 0.15) is 16.7 Å². The third kappa shape index (κ3) is 6.61. The maximum absolute atomic E-state index is 13.7. The summed E-state index contributed by atoms with van der Waals surface area (Å²) in [5.41, 5.74) is 4.45. The number of hydrogen-bond acceptors (Lipinski definition) is 7. The van der Waals surface area contributed by atoms with E-state index < -0.39 is 22.5 Å². The first-order valence-corrected chi connectivity index (χ1v) is 12.4. The highest BCUT2D eigenvalue weighted by Crippen LogP contribution is 2.28. The van der Waals surface area contributed by atoms with Crippen molar-refractivity contribution in [1.82, 2.24) is 9.73 Å². The number of carbonyl (C=O) groups excluding carboxylic acids is 1. The summed E-state index contributed by atoms with van der Waals surface area (Å²) in [5.74, 6) is 0.714. The number of methoxy groups -OCH3 is 3. The number of ether oxygens (including phenoxy) is 3. The van der Waals surface area contributed by atoms with Crippen LogP contribution in [0.4, 0.5) is 0 Å². The van der Waals surface area contributed by atoms with Gasteiger partial charge in [0.25, 0.3) is 5.91 Å². The molecule has 0 radical (unpaired) electrons. The molecule has 0 spiro atoms. The van der Waals surface area contributed by atoms with Gasteiger partial charge in [-0.1, -0.05) is 36.4 Å². The number of aryl methyl sites for hydroxylation is 1. The van der Waals surface area contributed by atoms with Gasteiger partial charge in [0.1, 0.15) is 22.1 Å². The molecule has 0 atom stereocenters. The molecule has 10 heteroatoms. The molecule has 0 unspecified atom stereocenters. The van der Waals surface area contributed by atoms with Crippen molar-refractivity contribution in [3.63, 3.8) is 0 Å². The summed E-state index contributed by atoms with van der Waals surface area (Å²) >= 11 is 0. The topological polar surface area (TPSA) is 107 Å². The van der Waals surface area contributed by atoms with Crippen LogP contribution in [-0.4, -0.2) is 52.7 Å². The Labute approximate surface area is 211 Å². The second-order valence-corrected chi connectivity index (χ2v) is 9.72. The highest BCUT2D eigenvalue weighted by Gasteiger charge is 2.30. The largest absolute Gasteiger partial charge is 0.497 e. The molecule has 3 aromatic rings. The Kier molecular flexibility index (Phi) is 9.04. The molecule has 3 aromatic carbocycles. The minimum absolute atomic E-state index is 0.0128. The van der Waals surface area contributed by atoms with Crippen molar-refractivity contribution >= 4 is 22.1 Å². The van der Waals surface area contributed by atoms with Crippen molar-refractivity contribution < 1.29 is 27.4 Å². The quantitative estimate of drug-likeness (QED) is 0.313. The zero-order valence-electron chi connectivity index (χ0n) is 20.6. The minimum atomic E-state index is -4.10. The van der Waals surface area contributed by atoms with Crippen LogP contribution in [0, 0.1) is 6.92 Å². The number of amides is 1. The third-order valence-electron chi connectivity index (χ3n) is 5.29. The van der Waals surface area contributed by atoms with Crippen molar-refractivity contribution in [2.45, 2.75) is 18.4 Å². The summed E-state index contributed by atoms with van der Waals surface area (Å²) in [7, 11) is 0.360. The van der Waals surface area contributed by atoms with Gasteiger partial charge in [0.15, 0.2) is 0 Å². The molecule has 0 fully saturated rings. The molecule has 0 aromatic heterocycles. The van der Waals surface area contributed by atoms with Crippen LogP contribution in [0.25, 0.3) is 0 Å². The molecule has 0 aliphatic rings. The molecule has 3 rings (SSSR count). The van der Waals surface area contributed by atoms with E-state index in [4.69, 9.17) is 14.2 Å². The van der Waals surface area contributed by atoms with Gasteiger partial charge < -0.3 is 14.2 Å². The maximum atomic E-state index is 13.7. The van der Waals surface area contributed by atoms with E-state index in [-0.39, 0.29) is 17.2 Å². The number of sulfonamides is 1. The fraction of sp³-hybridized carbons (Fsp3) is 0.231. The number of nitrogens with one attached hydrogen (secondary N) is 1. The van der Waals surface area contributed by atoms with E-state index in [9.17, 15) is 13.2 Å². The Morgan fingerprint density at radius 3 is 2.31 bits per heavy atom. The summed E-state index contributed by atoms with van der Waals surface area (Å²) in [6, 6.07) is 19.1. The average Bonchev–Trinajstić information content (AvgIpc) is 2.88. The van der Waals surface area contributed by atoms with Gasteiger partial charge in [-0.3, -0.25) is 4.79 Å². The van der Waals surface area contributed by atoms with Crippen LogP contribution < -0.4 is 19.6 Å². The molecular formula is C26H29N3O6S. The number of hydrogen-bond donors (Lipinski definition) is 1. The SMILES string of the molecule is COc1ccc(OC)c(/C=N/NC(=O)CN(Cc2ccccc2)S(=O)(=O)c2cc(C)ccc2OC)c1. The first kappa shape index (κ1) is 26.7. The van der Waals surface area contributed by atoms with Crippen LogP contribution in [0.3, 0.4) is 0 Å². The lowest BCUT2D eigenvalue weighted by Crippen LogP contribution is -2.39. The van der Waals surface area contributed by atoms with Gasteiger partial charge in [0, 0.05) is 12.1 Å². The predicted molar refractivity (Wildman–Crippen MR) is 137 cm³/mol. The lowest BCUT2D eigenvalue weighted by Gasteiger charge is -2.23. The monoisotopic (exact) mass is 511 g/mol. The second kappa shape index (κ2) is 12.2. The van der Waals surface area contributed by atoms with Gasteiger partial charge in [-0.2, -0.15) is 9.41 Å². The number of benzene rings is 3. The fourth-order valence-electron chi connectivity index (χ4n) is 3.45. The lowest BCUT2D eigenvalue weighted by molar-refractivity contribution is -0.121. The molecule has 0 saturated heterocycles.